The smallest absolute Gasteiger partial charge is 0.257 e. The van der Waals surface area contributed by atoms with E-state index in [0.717, 1.165) is 44.1 Å². The van der Waals surface area contributed by atoms with Gasteiger partial charge in [0.25, 0.3) is 5.91 Å². The molecule has 27 heavy (non-hydrogen) atoms. The number of carbonyl (C=O) groups is 1. The van der Waals surface area contributed by atoms with E-state index in [2.05, 4.69) is 20.5 Å². The van der Waals surface area contributed by atoms with Crippen molar-refractivity contribution in [2.45, 2.75) is 6.92 Å². The lowest BCUT2D eigenvalue weighted by atomic mass is 10.2. The number of aryl methyl sites for hydroxylation is 1. The summed E-state index contributed by atoms with van der Waals surface area (Å²) in [5, 5.41) is 6.13. The molecular formula is C21H26N4O2. The van der Waals surface area contributed by atoms with Gasteiger partial charge in [0.2, 0.25) is 5.96 Å². The van der Waals surface area contributed by atoms with Gasteiger partial charge >= 0.3 is 0 Å². The number of guanidine groups is 1. The molecule has 2 aromatic carbocycles. The molecule has 1 aliphatic heterocycles. The van der Waals surface area contributed by atoms with Crippen molar-refractivity contribution < 1.29 is 9.53 Å². The van der Waals surface area contributed by atoms with Crippen LogP contribution in [0, 0.1) is 6.92 Å². The molecule has 1 aliphatic rings. The minimum absolute atomic E-state index is 0.180. The number of carbonyl (C=O) groups excluding carboxylic acids is 1. The Morgan fingerprint density at radius 3 is 2.63 bits per heavy atom. The number of anilines is 1. The van der Waals surface area contributed by atoms with Crippen LogP contribution in [0.25, 0.3) is 0 Å². The molecule has 0 aromatic heterocycles. The van der Waals surface area contributed by atoms with E-state index in [1.165, 1.54) is 0 Å². The van der Waals surface area contributed by atoms with Crippen LogP contribution in [0.5, 0.6) is 0 Å². The van der Waals surface area contributed by atoms with Crippen LogP contribution in [-0.4, -0.2) is 56.2 Å². The highest BCUT2D eigenvalue weighted by Gasteiger charge is 2.11. The summed E-state index contributed by atoms with van der Waals surface area (Å²) in [7, 11) is 0. The first-order valence-corrected chi connectivity index (χ1v) is 9.25. The van der Waals surface area contributed by atoms with Crippen molar-refractivity contribution in [3.63, 3.8) is 0 Å². The van der Waals surface area contributed by atoms with Crippen LogP contribution in [-0.2, 0) is 4.74 Å². The highest BCUT2D eigenvalue weighted by atomic mass is 16.5. The lowest BCUT2D eigenvalue weighted by Crippen LogP contribution is -2.39. The minimum Gasteiger partial charge on any atom is -0.379 e. The first kappa shape index (κ1) is 19.1. The van der Waals surface area contributed by atoms with Crippen LogP contribution < -0.4 is 10.6 Å². The number of aliphatic imine (C=N–C) groups is 1. The first-order valence-electron chi connectivity index (χ1n) is 9.25. The van der Waals surface area contributed by atoms with Crippen molar-refractivity contribution in [3.8, 4) is 0 Å². The fourth-order valence-electron chi connectivity index (χ4n) is 2.87. The summed E-state index contributed by atoms with van der Waals surface area (Å²) in [6.45, 7) is 6.85. The highest BCUT2D eigenvalue weighted by molar-refractivity contribution is 6.09. The molecule has 142 valence electrons. The molecule has 1 fully saturated rings. The van der Waals surface area contributed by atoms with Gasteiger partial charge in [0.05, 0.1) is 19.8 Å². The molecule has 0 bridgehead atoms. The molecule has 0 spiro atoms. The summed E-state index contributed by atoms with van der Waals surface area (Å²) in [5.74, 6) is 0.281. The number of benzene rings is 2. The average Bonchev–Trinajstić information content (AvgIpc) is 2.69. The molecule has 0 radical (unpaired) electrons. The summed E-state index contributed by atoms with van der Waals surface area (Å²) < 4.78 is 5.37. The zero-order chi connectivity index (χ0) is 18.9. The third-order valence-electron chi connectivity index (χ3n) is 4.34. The Morgan fingerprint density at radius 2 is 1.89 bits per heavy atom. The molecule has 0 atom stereocenters. The van der Waals surface area contributed by atoms with Gasteiger partial charge in [-0.05, 0) is 36.8 Å². The van der Waals surface area contributed by atoms with Gasteiger partial charge < -0.3 is 10.1 Å². The molecule has 0 aliphatic carbocycles. The van der Waals surface area contributed by atoms with Crippen molar-refractivity contribution in [1.29, 1.82) is 0 Å². The van der Waals surface area contributed by atoms with Gasteiger partial charge in [-0.2, -0.15) is 0 Å². The number of nitrogens with zero attached hydrogens (tertiary/aromatic N) is 2. The number of rotatable bonds is 5. The number of ether oxygens (including phenoxy) is 1. The molecule has 0 unspecified atom stereocenters. The van der Waals surface area contributed by atoms with Gasteiger partial charge in [-0.15, -0.1) is 0 Å². The lowest BCUT2D eigenvalue weighted by Gasteiger charge is -2.25. The molecule has 1 amide bonds. The Bertz CT molecular complexity index is 771. The standard InChI is InChI=1S/C21H26N4O2/c1-17-6-5-9-19(16-17)23-21(22-10-11-25-12-14-27-15-13-25)24-20(26)18-7-3-2-4-8-18/h2-9,16H,10-15H2,1H3,(H2,22,23,24,26). The lowest BCUT2D eigenvalue weighted by molar-refractivity contribution is 0.0394. The van der Waals surface area contributed by atoms with Crippen LogP contribution in [0.2, 0.25) is 0 Å². The molecule has 2 aromatic rings. The van der Waals surface area contributed by atoms with E-state index in [1.807, 2.05) is 49.4 Å². The Labute approximate surface area is 160 Å². The van der Waals surface area contributed by atoms with Crippen LogP contribution in [0.3, 0.4) is 0 Å². The van der Waals surface area contributed by atoms with Gasteiger partial charge in [-0.1, -0.05) is 30.3 Å². The van der Waals surface area contributed by atoms with E-state index in [1.54, 1.807) is 12.1 Å². The van der Waals surface area contributed by atoms with Crippen LogP contribution >= 0.6 is 0 Å². The molecule has 0 saturated carbocycles. The quantitative estimate of drug-likeness (QED) is 0.630. The van der Waals surface area contributed by atoms with Crippen molar-refractivity contribution in [1.82, 2.24) is 10.2 Å². The molecular weight excluding hydrogens is 340 g/mol. The number of amides is 1. The van der Waals surface area contributed by atoms with Crippen molar-refractivity contribution in [3.05, 3.63) is 65.7 Å². The van der Waals surface area contributed by atoms with Crippen molar-refractivity contribution >= 4 is 17.6 Å². The zero-order valence-electron chi connectivity index (χ0n) is 15.6. The molecule has 3 rings (SSSR count). The topological polar surface area (TPSA) is 66.0 Å². The van der Waals surface area contributed by atoms with Gasteiger partial charge in [0.1, 0.15) is 0 Å². The van der Waals surface area contributed by atoms with Crippen LogP contribution in [0.4, 0.5) is 5.69 Å². The Morgan fingerprint density at radius 1 is 1.11 bits per heavy atom. The fourth-order valence-corrected chi connectivity index (χ4v) is 2.87. The van der Waals surface area contributed by atoms with Crippen molar-refractivity contribution in [2.75, 3.05) is 44.7 Å². The van der Waals surface area contributed by atoms with Crippen LogP contribution in [0.1, 0.15) is 15.9 Å². The molecule has 1 heterocycles. The third kappa shape index (κ3) is 6.20. The van der Waals surface area contributed by atoms with E-state index >= 15 is 0 Å². The summed E-state index contributed by atoms with van der Waals surface area (Å²) in [6, 6.07) is 17.1. The van der Waals surface area contributed by atoms with Crippen molar-refractivity contribution in [2.24, 2.45) is 4.99 Å². The minimum atomic E-state index is -0.180. The van der Waals surface area contributed by atoms with E-state index in [-0.39, 0.29) is 5.91 Å². The predicted octanol–water partition coefficient (Wildman–Crippen LogP) is 2.53. The van der Waals surface area contributed by atoms with E-state index in [4.69, 9.17) is 4.74 Å². The maximum absolute atomic E-state index is 12.5. The summed E-state index contributed by atoms with van der Waals surface area (Å²) >= 11 is 0. The monoisotopic (exact) mass is 366 g/mol. The number of nitrogens with one attached hydrogen (secondary N) is 2. The maximum atomic E-state index is 12.5. The molecule has 6 nitrogen and oxygen atoms in total. The molecule has 2 N–H and O–H groups in total. The Hall–Kier alpha value is -2.70. The zero-order valence-corrected chi connectivity index (χ0v) is 15.6. The van der Waals surface area contributed by atoms with Gasteiger partial charge in [-0.3, -0.25) is 20.0 Å². The second-order valence-electron chi connectivity index (χ2n) is 6.50. The van der Waals surface area contributed by atoms with Gasteiger partial charge in [0, 0.05) is 30.9 Å². The third-order valence-corrected chi connectivity index (χ3v) is 4.34. The molecule has 6 heteroatoms. The van der Waals surface area contributed by atoms with E-state index in [9.17, 15) is 4.79 Å². The summed E-state index contributed by atoms with van der Waals surface area (Å²) in [4.78, 5) is 19.4. The SMILES string of the molecule is Cc1cccc(NC(=NCCN2CCOCC2)NC(=O)c2ccccc2)c1. The number of morpholine rings is 1. The Kier molecular flexibility index (Phi) is 6.96. The second kappa shape index (κ2) is 9.85. The van der Waals surface area contributed by atoms with Crippen LogP contribution in [0.15, 0.2) is 59.6 Å². The fraction of sp³-hybridized carbons (Fsp3) is 0.333. The van der Waals surface area contributed by atoms with Gasteiger partial charge in [0.15, 0.2) is 0 Å². The average molecular weight is 366 g/mol. The maximum Gasteiger partial charge on any atom is 0.257 e. The molecule has 1 saturated heterocycles. The first-order chi connectivity index (χ1) is 13.2. The highest BCUT2D eigenvalue weighted by Crippen LogP contribution is 2.09. The van der Waals surface area contributed by atoms with E-state index in [0.29, 0.717) is 18.1 Å². The van der Waals surface area contributed by atoms with E-state index < -0.39 is 0 Å². The predicted molar refractivity (Wildman–Crippen MR) is 108 cm³/mol. The summed E-state index contributed by atoms with van der Waals surface area (Å²) in [5.41, 5.74) is 2.64. The largest absolute Gasteiger partial charge is 0.379 e. The second-order valence-corrected chi connectivity index (χ2v) is 6.50. The van der Waals surface area contributed by atoms with Gasteiger partial charge in [-0.25, -0.2) is 0 Å². The number of hydrogen-bond acceptors (Lipinski definition) is 4. The normalized spacial score (nSPS) is 15.4. The Balaban J connectivity index is 1.67. The summed E-state index contributed by atoms with van der Waals surface area (Å²) in [6.07, 6.45) is 0. The number of hydrogen-bond donors (Lipinski definition) is 2.